The molecule has 4 rings (SSSR count). The predicted molar refractivity (Wildman–Crippen MR) is 85.5 cm³/mol. The fraction of sp³-hybridized carbons (Fsp3) is 0.900. The zero-order chi connectivity index (χ0) is 14.0. The minimum absolute atomic E-state index is 0.513. The Hall–Kier alpha value is -0.260. The minimum atomic E-state index is 0.513. The molecule has 0 aromatic carbocycles. The van der Waals surface area contributed by atoms with Gasteiger partial charge >= 0.3 is 0 Å². The monoisotopic (exact) mass is 272 g/mol. The van der Waals surface area contributed by atoms with Crippen LogP contribution >= 0.6 is 0 Å². The van der Waals surface area contributed by atoms with Gasteiger partial charge in [-0.1, -0.05) is 38.8 Å². The third kappa shape index (κ3) is 1.60. The molecule has 0 heteroatoms. The molecule has 1 unspecified atom stereocenters. The Balaban J connectivity index is 1.66. The number of hydrogen-bond donors (Lipinski definition) is 0. The highest BCUT2D eigenvalue weighted by atomic mass is 14.6. The Morgan fingerprint density at radius 2 is 1.75 bits per heavy atom. The Labute approximate surface area is 125 Å². The van der Waals surface area contributed by atoms with Gasteiger partial charge in [-0.3, -0.25) is 0 Å². The van der Waals surface area contributed by atoms with E-state index in [0.29, 0.717) is 10.8 Å². The standard InChI is InChI=1S/C20H32/c1-14-7-10-17-16-9-8-15-6-4-5-12-20(15,3)18(16)11-13-19(14,17)2/h15-18H,1,4-13H2,2-3H3/t15?,16-,17-,18+,19+,20-/m0/s1. The third-order valence-electron chi connectivity index (χ3n) is 8.54. The summed E-state index contributed by atoms with van der Waals surface area (Å²) in [6, 6.07) is 0. The zero-order valence-electron chi connectivity index (χ0n) is 13.6. The van der Waals surface area contributed by atoms with Crippen molar-refractivity contribution in [1.82, 2.24) is 0 Å². The van der Waals surface area contributed by atoms with Gasteiger partial charge in [-0.15, -0.1) is 0 Å². The Kier molecular flexibility index (Phi) is 2.93. The first-order valence-electron chi connectivity index (χ1n) is 9.24. The van der Waals surface area contributed by atoms with Crippen LogP contribution in [0.15, 0.2) is 12.2 Å². The highest BCUT2D eigenvalue weighted by Crippen LogP contribution is 2.67. The van der Waals surface area contributed by atoms with Crippen LogP contribution in [-0.4, -0.2) is 0 Å². The highest BCUT2D eigenvalue weighted by Gasteiger charge is 2.57. The lowest BCUT2D eigenvalue weighted by atomic mass is 9.45. The number of fused-ring (bicyclic) bond motifs is 5. The van der Waals surface area contributed by atoms with Gasteiger partial charge in [-0.2, -0.15) is 0 Å². The SMILES string of the molecule is C=C1CC[C@H]2[C@@H]3CCC4CCCC[C@]4(C)[C@@H]3CC[C@]12C. The third-order valence-corrected chi connectivity index (χ3v) is 8.54. The molecule has 20 heavy (non-hydrogen) atoms. The molecule has 4 aliphatic rings. The normalized spacial score (nSPS) is 55.0. The van der Waals surface area contributed by atoms with Gasteiger partial charge in [0.05, 0.1) is 0 Å². The summed E-state index contributed by atoms with van der Waals surface area (Å²) in [6.45, 7) is 9.68. The smallest absolute Gasteiger partial charge is 0.00879 e. The van der Waals surface area contributed by atoms with E-state index in [4.69, 9.17) is 0 Å². The molecule has 112 valence electrons. The van der Waals surface area contributed by atoms with E-state index in [1.54, 1.807) is 12.0 Å². The van der Waals surface area contributed by atoms with E-state index in [0.717, 1.165) is 23.7 Å². The molecule has 4 fully saturated rings. The van der Waals surface area contributed by atoms with E-state index in [9.17, 15) is 0 Å². The molecular formula is C20H32. The lowest BCUT2D eigenvalue weighted by Crippen LogP contribution is -2.51. The molecule has 0 amide bonds. The topological polar surface area (TPSA) is 0 Å². The van der Waals surface area contributed by atoms with Crippen molar-refractivity contribution in [2.45, 2.75) is 78.1 Å². The molecule has 6 atom stereocenters. The van der Waals surface area contributed by atoms with Gasteiger partial charge in [0.25, 0.3) is 0 Å². The van der Waals surface area contributed by atoms with Crippen LogP contribution in [0.2, 0.25) is 0 Å². The molecule has 0 aromatic rings. The Bertz CT molecular complexity index is 422. The zero-order valence-corrected chi connectivity index (χ0v) is 13.6. The lowest BCUT2D eigenvalue weighted by molar-refractivity contribution is -0.0972. The number of rotatable bonds is 0. The average molecular weight is 272 g/mol. The van der Waals surface area contributed by atoms with Gasteiger partial charge in [0.15, 0.2) is 0 Å². The van der Waals surface area contributed by atoms with Crippen molar-refractivity contribution in [3.05, 3.63) is 12.2 Å². The van der Waals surface area contributed by atoms with E-state index in [1.807, 2.05) is 0 Å². The summed E-state index contributed by atoms with van der Waals surface area (Å²) in [5.74, 6) is 4.12. The molecule has 0 radical (unpaired) electrons. The maximum absolute atomic E-state index is 4.45. The molecule has 0 nitrogen and oxygen atoms in total. The minimum Gasteiger partial charge on any atom is -0.0993 e. The molecule has 4 aliphatic carbocycles. The van der Waals surface area contributed by atoms with Crippen molar-refractivity contribution in [2.75, 3.05) is 0 Å². The predicted octanol–water partition coefficient (Wildman–Crippen LogP) is 5.98. The van der Waals surface area contributed by atoms with E-state index >= 15 is 0 Å². The summed E-state index contributed by atoms with van der Waals surface area (Å²) in [6.07, 6.45) is 14.9. The van der Waals surface area contributed by atoms with Gasteiger partial charge in [0, 0.05) is 0 Å². The second kappa shape index (κ2) is 4.37. The fourth-order valence-electron chi connectivity index (χ4n) is 7.20. The van der Waals surface area contributed by atoms with Crippen molar-refractivity contribution in [1.29, 1.82) is 0 Å². The van der Waals surface area contributed by atoms with Crippen molar-refractivity contribution in [3.63, 3.8) is 0 Å². The van der Waals surface area contributed by atoms with Crippen LogP contribution in [-0.2, 0) is 0 Å². The molecule has 0 heterocycles. The number of allylic oxidation sites excluding steroid dienone is 1. The largest absolute Gasteiger partial charge is 0.0993 e. The van der Waals surface area contributed by atoms with Crippen molar-refractivity contribution in [3.8, 4) is 0 Å². The van der Waals surface area contributed by atoms with E-state index in [-0.39, 0.29) is 0 Å². The number of hydrogen-bond acceptors (Lipinski definition) is 0. The summed E-state index contributed by atoms with van der Waals surface area (Å²) >= 11 is 0. The van der Waals surface area contributed by atoms with Crippen LogP contribution in [0.3, 0.4) is 0 Å². The maximum Gasteiger partial charge on any atom is -0.00879 e. The molecular weight excluding hydrogens is 240 g/mol. The molecule has 0 bridgehead atoms. The van der Waals surface area contributed by atoms with Crippen molar-refractivity contribution >= 4 is 0 Å². The second-order valence-electron chi connectivity index (χ2n) is 9.00. The Morgan fingerprint density at radius 3 is 2.60 bits per heavy atom. The van der Waals surface area contributed by atoms with Crippen LogP contribution < -0.4 is 0 Å². The second-order valence-corrected chi connectivity index (χ2v) is 9.00. The van der Waals surface area contributed by atoms with Crippen LogP contribution in [0.1, 0.15) is 78.1 Å². The quantitative estimate of drug-likeness (QED) is 0.476. The maximum atomic E-state index is 4.45. The van der Waals surface area contributed by atoms with Gasteiger partial charge in [0.1, 0.15) is 0 Å². The van der Waals surface area contributed by atoms with E-state index in [2.05, 4.69) is 20.4 Å². The van der Waals surface area contributed by atoms with Gasteiger partial charge < -0.3 is 0 Å². The summed E-state index contributed by atoms with van der Waals surface area (Å²) < 4.78 is 0. The summed E-state index contributed by atoms with van der Waals surface area (Å²) in [7, 11) is 0. The van der Waals surface area contributed by atoms with Crippen LogP contribution in [0, 0.1) is 34.5 Å². The first-order chi connectivity index (χ1) is 9.56. The van der Waals surface area contributed by atoms with Crippen LogP contribution in [0.25, 0.3) is 0 Å². The van der Waals surface area contributed by atoms with E-state index in [1.165, 1.54) is 57.8 Å². The van der Waals surface area contributed by atoms with Crippen molar-refractivity contribution < 1.29 is 0 Å². The molecule has 0 aliphatic heterocycles. The fourth-order valence-corrected chi connectivity index (χ4v) is 7.20. The first kappa shape index (κ1) is 13.4. The van der Waals surface area contributed by atoms with Gasteiger partial charge in [-0.25, -0.2) is 0 Å². The molecule has 0 saturated heterocycles. The molecule has 0 N–H and O–H groups in total. The molecule has 4 saturated carbocycles. The highest BCUT2D eigenvalue weighted by molar-refractivity contribution is 5.21. The Morgan fingerprint density at radius 1 is 0.900 bits per heavy atom. The molecule has 0 aromatic heterocycles. The lowest BCUT2D eigenvalue weighted by Gasteiger charge is -2.60. The summed E-state index contributed by atoms with van der Waals surface area (Å²) in [5.41, 5.74) is 2.81. The summed E-state index contributed by atoms with van der Waals surface area (Å²) in [5, 5.41) is 0. The molecule has 0 spiro atoms. The van der Waals surface area contributed by atoms with Gasteiger partial charge in [-0.05, 0) is 85.9 Å². The van der Waals surface area contributed by atoms with Gasteiger partial charge in [0.2, 0.25) is 0 Å². The van der Waals surface area contributed by atoms with Crippen LogP contribution in [0.5, 0.6) is 0 Å². The van der Waals surface area contributed by atoms with E-state index < -0.39 is 0 Å². The van der Waals surface area contributed by atoms with Crippen molar-refractivity contribution in [2.24, 2.45) is 34.5 Å². The average Bonchev–Trinajstić information content (AvgIpc) is 2.74. The summed E-state index contributed by atoms with van der Waals surface area (Å²) in [4.78, 5) is 0. The first-order valence-corrected chi connectivity index (χ1v) is 9.24. The van der Waals surface area contributed by atoms with Crippen LogP contribution in [0.4, 0.5) is 0 Å².